The van der Waals surface area contributed by atoms with Gasteiger partial charge in [-0.1, -0.05) is 18.8 Å². The third kappa shape index (κ3) is 2.88. The fourth-order valence-corrected chi connectivity index (χ4v) is 2.76. The summed E-state index contributed by atoms with van der Waals surface area (Å²) in [4.78, 5) is 8.33. The van der Waals surface area contributed by atoms with Gasteiger partial charge in [0.1, 0.15) is 30.1 Å². The number of fused-ring (bicyclic) bond motifs is 1. The lowest BCUT2D eigenvalue weighted by molar-refractivity contribution is -0.0430. The van der Waals surface area contributed by atoms with E-state index in [9.17, 15) is 10.2 Å². The fourth-order valence-electron chi connectivity index (χ4n) is 2.76. The Kier molecular flexibility index (Phi) is 4.48. The second-order valence-corrected chi connectivity index (χ2v) is 5.57. The third-order valence-corrected chi connectivity index (χ3v) is 3.93. The maximum atomic E-state index is 9.94. The number of anilines is 1. The van der Waals surface area contributed by atoms with Crippen molar-refractivity contribution in [2.24, 2.45) is 0 Å². The van der Waals surface area contributed by atoms with Crippen LogP contribution in [0.4, 0.5) is 5.82 Å². The van der Waals surface area contributed by atoms with Crippen LogP contribution in [0.25, 0.3) is 11.0 Å². The molecule has 122 valence electrons. The van der Waals surface area contributed by atoms with Crippen LogP contribution in [-0.4, -0.2) is 43.6 Å². The average Bonchev–Trinajstić information content (AvgIpc) is 3.09. The summed E-state index contributed by atoms with van der Waals surface area (Å²) in [5, 5.41) is 19.9. The van der Waals surface area contributed by atoms with Crippen LogP contribution >= 0.6 is 0 Å². The SMILES string of the molecule is CCCC#Cc1cn([C@H]2C[C@H](O)[C@@H](CO)O2)c2ncnc(N)c12. The van der Waals surface area contributed by atoms with Gasteiger partial charge in [0.15, 0.2) is 0 Å². The highest BCUT2D eigenvalue weighted by molar-refractivity contribution is 5.92. The number of nitrogens with zero attached hydrogens (tertiary/aromatic N) is 3. The normalized spacial score (nSPS) is 23.9. The van der Waals surface area contributed by atoms with Crippen molar-refractivity contribution >= 4 is 16.9 Å². The van der Waals surface area contributed by atoms with Gasteiger partial charge in [0.2, 0.25) is 0 Å². The van der Waals surface area contributed by atoms with Gasteiger partial charge in [-0.3, -0.25) is 0 Å². The van der Waals surface area contributed by atoms with Gasteiger partial charge in [-0.25, -0.2) is 9.97 Å². The van der Waals surface area contributed by atoms with Crippen molar-refractivity contribution in [1.29, 1.82) is 0 Å². The molecule has 1 aliphatic heterocycles. The highest BCUT2D eigenvalue weighted by Gasteiger charge is 2.35. The molecule has 0 amide bonds. The summed E-state index contributed by atoms with van der Waals surface area (Å²) in [5.41, 5.74) is 7.36. The van der Waals surface area contributed by atoms with Crippen LogP contribution in [0.15, 0.2) is 12.5 Å². The lowest BCUT2D eigenvalue weighted by Gasteiger charge is -2.14. The van der Waals surface area contributed by atoms with Crippen molar-refractivity contribution in [3.63, 3.8) is 0 Å². The Hall–Kier alpha value is -2.14. The molecule has 3 heterocycles. The monoisotopic (exact) mass is 316 g/mol. The van der Waals surface area contributed by atoms with E-state index in [2.05, 4.69) is 28.7 Å². The van der Waals surface area contributed by atoms with E-state index in [-0.39, 0.29) is 6.61 Å². The van der Waals surface area contributed by atoms with Crippen molar-refractivity contribution in [1.82, 2.24) is 14.5 Å². The van der Waals surface area contributed by atoms with E-state index in [0.29, 0.717) is 23.3 Å². The zero-order valence-electron chi connectivity index (χ0n) is 12.9. The van der Waals surface area contributed by atoms with E-state index < -0.39 is 18.4 Å². The van der Waals surface area contributed by atoms with Crippen molar-refractivity contribution in [2.45, 2.75) is 44.6 Å². The Labute approximate surface area is 134 Å². The molecular formula is C16H20N4O3. The van der Waals surface area contributed by atoms with E-state index in [4.69, 9.17) is 10.5 Å². The van der Waals surface area contributed by atoms with Crippen LogP contribution < -0.4 is 5.73 Å². The number of ether oxygens (including phenoxy) is 1. The molecule has 1 fully saturated rings. The third-order valence-electron chi connectivity index (χ3n) is 3.93. The zero-order valence-corrected chi connectivity index (χ0v) is 12.9. The van der Waals surface area contributed by atoms with Crippen LogP contribution in [0.1, 0.15) is 38.0 Å². The second kappa shape index (κ2) is 6.54. The summed E-state index contributed by atoms with van der Waals surface area (Å²) in [7, 11) is 0. The summed E-state index contributed by atoms with van der Waals surface area (Å²) in [6, 6.07) is 0. The molecule has 0 radical (unpaired) electrons. The minimum absolute atomic E-state index is 0.225. The quantitative estimate of drug-likeness (QED) is 0.723. The van der Waals surface area contributed by atoms with Crippen LogP contribution in [0.3, 0.4) is 0 Å². The second-order valence-electron chi connectivity index (χ2n) is 5.57. The molecule has 0 aromatic carbocycles. The summed E-state index contributed by atoms with van der Waals surface area (Å²) >= 11 is 0. The molecule has 0 unspecified atom stereocenters. The van der Waals surface area contributed by atoms with E-state index in [1.54, 1.807) is 0 Å². The summed E-state index contributed by atoms with van der Waals surface area (Å²) in [6.07, 6.45) is 3.66. The largest absolute Gasteiger partial charge is 0.394 e. The molecule has 0 bridgehead atoms. The Morgan fingerprint density at radius 3 is 3.00 bits per heavy atom. The topological polar surface area (TPSA) is 106 Å². The number of aromatic nitrogens is 3. The van der Waals surface area contributed by atoms with E-state index in [1.165, 1.54) is 6.33 Å². The predicted molar refractivity (Wildman–Crippen MR) is 85.3 cm³/mol. The van der Waals surface area contributed by atoms with Gasteiger partial charge in [-0.2, -0.15) is 0 Å². The maximum absolute atomic E-state index is 9.94. The van der Waals surface area contributed by atoms with Crippen molar-refractivity contribution < 1.29 is 14.9 Å². The molecule has 4 N–H and O–H groups in total. The Balaban J connectivity index is 2.05. The standard InChI is InChI=1S/C16H20N4O3/c1-2-3-4-5-10-7-20(13-6-11(22)12(8-21)23-13)16-14(10)15(17)18-9-19-16/h7,9,11-13,21-22H,2-3,6,8H2,1H3,(H2,17,18,19)/t11-,12+,13+/m0/s1. The van der Waals surface area contributed by atoms with Gasteiger partial charge in [0.05, 0.1) is 23.7 Å². The molecule has 3 rings (SSSR count). The molecule has 1 aliphatic rings. The fraction of sp³-hybridized carbons (Fsp3) is 0.500. The van der Waals surface area contributed by atoms with Crippen LogP contribution in [0.5, 0.6) is 0 Å². The molecule has 7 nitrogen and oxygen atoms in total. The van der Waals surface area contributed by atoms with Crippen molar-refractivity contribution in [2.75, 3.05) is 12.3 Å². The van der Waals surface area contributed by atoms with E-state index in [1.807, 2.05) is 10.8 Å². The highest BCUT2D eigenvalue weighted by atomic mass is 16.5. The first-order chi connectivity index (χ1) is 11.2. The summed E-state index contributed by atoms with van der Waals surface area (Å²) in [6.45, 7) is 1.84. The Bertz CT molecular complexity index is 762. The maximum Gasteiger partial charge on any atom is 0.148 e. The zero-order chi connectivity index (χ0) is 16.4. The van der Waals surface area contributed by atoms with Gasteiger partial charge >= 0.3 is 0 Å². The molecule has 0 spiro atoms. The number of rotatable bonds is 3. The van der Waals surface area contributed by atoms with Gasteiger partial charge in [-0.15, -0.1) is 0 Å². The number of unbranched alkanes of at least 4 members (excludes halogenated alkanes) is 1. The average molecular weight is 316 g/mol. The highest BCUT2D eigenvalue weighted by Crippen LogP contribution is 2.33. The Morgan fingerprint density at radius 1 is 1.48 bits per heavy atom. The first kappa shape index (κ1) is 15.7. The number of nitrogens with two attached hydrogens (primary N) is 1. The molecular weight excluding hydrogens is 296 g/mol. The first-order valence-electron chi connectivity index (χ1n) is 7.70. The Morgan fingerprint density at radius 2 is 2.30 bits per heavy atom. The lowest BCUT2D eigenvalue weighted by atomic mass is 10.2. The first-order valence-corrected chi connectivity index (χ1v) is 7.70. The smallest absolute Gasteiger partial charge is 0.148 e. The number of nitrogen functional groups attached to an aromatic ring is 1. The van der Waals surface area contributed by atoms with E-state index >= 15 is 0 Å². The van der Waals surface area contributed by atoms with Gasteiger partial charge in [0, 0.05) is 19.0 Å². The molecule has 0 aliphatic carbocycles. The molecule has 7 heteroatoms. The summed E-state index contributed by atoms with van der Waals surface area (Å²) in [5.74, 6) is 6.58. The summed E-state index contributed by atoms with van der Waals surface area (Å²) < 4.78 is 7.52. The van der Waals surface area contributed by atoms with Gasteiger partial charge in [-0.05, 0) is 6.42 Å². The number of aliphatic hydroxyl groups excluding tert-OH is 2. The molecule has 2 aromatic heterocycles. The number of hydrogen-bond acceptors (Lipinski definition) is 6. The van der Waals surface area contributed by atoms with E-state index in [0.717, 1.165) is 18.4 Å². The molecule has 3 atom stereocenters. The van der Waals surface area contributed by atoms with Crippen molar-refractivity contribution in [3.05, 3.63) is 18.1 Å². The minimum atomic E-state index is -0.712. The van der Waals surface area contributed by atoms with Crippen LogP contribution in [-0.2, 0) is 4.74 Å². The predicted octanol–water partition coefficient (Wildman–Crippen LogP) is 0.806. The molecule has 1 saturated heterocycles. The van der Waals surface area contributed by atoms with Crippen molar-refractivity contribution in [3.8, 4) is 11.8 Å². The van der Waals surface area contributed by atoms with Gasteiger partial charge in [0.25, 0.3) is 0 Å². The van der Waals surface area contributed by atoms with Crippen LogP contribution in [0.2, 0.25) is 0 Å². The van der Waals surface area contributed by atoms with Crippen LogP contribution in [0, 0.1) is 11.8 Å². The lowest BCUT2D eigenvalue weighted by Crippen LogP contribution is -2.24. The minimum Gasteiger partial charge on any atom is -0.394 e. The molecule has 23 heavy (non-hydrogen) atoms. The van der Waals surface area contributed by atoms with Gasteiger partial charge < -0.3 is 25.3 Å². The molecule has 2 aromatic rings. The number of aliphatic hydroxyl groups is 2. The molecule has 0 saturated carbocycles. The number of hydrogen-bond donors (Lipinski definition) is 3.